The zero-order valence-electron chi connectivity index (χ0n) is 40.6. The summed E-state index contributed by atoms with van der Waals surface area (Å²) in [6, 6.07) is 0. The van der Waals surface area contributed by atoms with Gasteiger partial charge < -0.3 is 64.2 Å². The number of unbranched alkanes of at least 4 members (excludes halogenated alkanes) is 10. The molecule has 2 aliphatic rings. The maximum atomic E-state index is 13.0. The fourth-order valence-corrected chi connectivity index (χ4v) is 7.30. The van der Waals surface area contributed by atoms with Crippen LogP contribution < -0.4 is 0 Å². The highest BCUT2D eigenvalue weighted by atomic mass is 16.7. The average molecular weight is 949 g/mol. The van der Waals surface area contributed by atoms with Gasteiger partial charge in [-0.2, -0.15) is 0 Å². The molecular weight excluding hydrogens is 861 g/mol. The molecule has 2 fully saturated rings. The average Bonchev–Trinajstić information content (AvgIpc) is 3.32. The second kappa shape index (κ2) is 40.0. The number of aliphatic hydroxyl groups is 7. The quantitative estimate of drug-likeness (QED) is 0.0184. The van der Waals surface area contributed by atoms with E-state index >= 15 is 0 Å². The first kappa shape index (κ1) is 60.3. The highest BCUT2D eigenvalue weighted by molar-refractivity contribution is 5.69. The number of hydrogen-bond acceptors (Lipinski definition) is 14. The third kappa shape index (κ3) is 27.8. The maximum absolute atomic E-state index is 13.0. The molecule has 67 heavy (non-hydrogen) atoms. The Morgan fingerprint density at radius 1 is 0.507 bits per heavy atom. The molecule has 11 atom stereocenters. The highest BCUT2D eigenvalue weighted by Gasteiger charge is 2.47. The lowest BCUT2D eigenvalue weighted by Crippen LogP contribution is -2.61. The van der Waals surface area contributed by atoms with Gasteiger partial charge in [0.15, 0.2) is 12.6 Å². The SMILES string of the molecule is CC/C=C\C/C=C\C/C=C\C/C=C\C/C=C\C/C=C\CCC(=O)OC(COCCCCCCCC/C=C\CCCCCC)COC1OC(COC2OC(CO)C(O)C(O)C2O)C(O)C(O)C1O. The molecule has 0 bridgehead atoms. The van der Waals surface area contributed by atoms with Crippen molar-refractivity contribution >= 4 is 5.97 Å². The van der Waals surface area contributed by atoms with Crippen molar-refractivity contribution in [3.8, 4) is 0 Å². The lowest BCUT2D eigenvalue weighted by atomic mass is 9.98. The van der Waals surface area contributed by atoms with Gasteiger partial charge in [-0.1, -0.05) is 144 Å². The van der Waals surface area contributed by atoms with Gasteiger partial charge in [-0.15, -0.1) is 0 Å². The molecule has 7 N–H and O–H groups in total. The van der Waals surface area contributed by atoms with Gasteiger partial charge in [0.05, 0.1) is 26.4 Å². The van der Waals surface area contributed by atoms with Crippen LogP contribution in [0.1, 0.15) is 142 Å². The van der Waals surface area contributed by atoms with Gasteiger partial charge >= 0.3 is 5.97 Å². The van der Waals surface area contributed by atoms with Gasteiger partial charge in [0.1, 0.15) is 54.9 Å². The molecule has 2 aliphatic heterocycles. The van der Waals surface area contributed by atoms with Crippen molar-refractivity contribution in [3.05, 3.63) is 85.1 Å². The van der Waals surface area contributed by atoms with E-state index < -0.39 is 86.7 Å². The summed E-state index contributed by atoms with van der Waals surface area (Å²) < 4.78 is 34.1. The van der Waals surface area contributed by atoms with E-state index in [1.54, 1.807) is 0 Å². The lowest BCUT2D eigenvalue weighted by molar-refractivity contribution is -0.332. The number of allylic oxidation sites excluding steroid dienone is 14. The lowest BCUT2D eigenvalue weighted by Gasteiger charge is -2.42. The number of hydrogen-bond donors (Lipinski definition) is 7. The molecule has 2 saturated heterocycles. The van der Waals surface area contributed by atoms with Gasteiger partial charge in [-0.3, -0.25) is 4.79 Å². The molecule has 11 unspecified atom stereocenters. The number of ether oxygens (including phenoxy) is 6. The smallest absolute Gasteiger partial charge is 0.306 e. The topological polar surface area (TPSA) is 214 Å². The van der Waals surface area contributed by atoms with Gasteiger partial charge in [0.2, 0.25) is 0 Å². The summed E-state index contributed by atoms with van der Waals surface area (Å²) in [5.41, 5.74) is 0. The summed E-state index contributed by atoms with van der Waals surface area (Å²) in [5.74, 6) is -0.463. The molecule has 2 rings (SSSR count). The third-order valence-corrected chi connectivity index (χ3v) is 11.4. The summed E-state index contributed by atoms with van der Waals surface area (Å²) >= 11 is 0. The fraction of sp³-hybridized carbons (Fsp3) is 0.717. The molecule has 14 heteroatoms. The van der Waals surface area contributed by atoms with Crippen LogP contribution in [-0.2, 0) is 33.2 Å². The Bertz CT molecular complexity index is 1430. The van der Waals surface area contributed by atoms with E-state index in [0.29, 0.717) is 13.0 Å². The van der Waals surface area contributed by atoms with E-state index in [2.05, 4.69) is 86.8 Å². The normalized spacial score (nSPS) is 26.8. The Hall–Kier alpha value is -2.83. The molecule has 0 aromatic heterocycles. The highest BCUT2D eigenvalue weighted by Crippen LogP contribution is 2.26. The van der Waals surface area contributed by atoms with Crippen molar-refractivity contribution in [1.29, 1.82) is 0 Å². The van der Waals surface area contributed by atoms with Crippen LogP contribution in [0, 0.1) is 0 Å². The van der Waals surface area contributed by atoms with Crippen LogP contribution in [0.3, 0.4) is 0 Å². The first-order valence-corrected chi connectivity index (χ1v) is 25.2. The standard InChI is InChI=1S/C53H88O14/c1-3-5-7-9-11-13-15-17-19-20-21-22-23-24-26-28-30-32-34-36-45(55)65-42(39-62-37-35-33-31-29-27-25-18-16-14-12-10-8-6-4-2)40-63-52-51(61)49(59)47(57)44(67-52)41-64-53-50(60)48(58)46(56)43(38-54)66-53/h5,7,11,13-14,16-17,19,21-22,24,26,30,32,42-44,46-54,56-61H,3-4,6,8-10,12,15,18,20,23,25,27-29,31,33-41H2,1-2H3/b7-5-,13-11-,16-14-,19-17-,22-21-,26-24-,32-30-. The predicted molar refractivity (Wildman–Crippen MR) is 261 cm³/mol. The van der Waals surface area contributed by atoms with Crippen molar-refractivity contribution in [2.45, 2.75) is 210 Å². The van der Waals surface area contributed by atoms with Crippen molar-refractivity contribution in [3.63, 3.8) is 0 Å². The number of rotatable bonds is 38. The van der Waals surface area contributed by atoms with Crippen LogP contribution in [0.25, 0.3) is 0 Å². The van der Waals surface area contributed by atoms with Crippen LogP contribution in [0.4, 0.5) is 0 Å². The molecule has 0 saturated carbocycles. The number of aliphatic hydroxyl groups excluding tert-OH is 7. The molecule has 384 valence electrons. The molecule has 14 nitrogen and oxygen atoms in total. The van der Waals surface area contributed by atoms with Gasteiger partial charge in [-0.25, -0.2) is 0 Å². The van der Waals surface area contributed by atoms with Crippen molar-refractivity contribution < 1.29 is 69.0 Å². The summed E-state index contributed by atoms with van der Waals surface area (Å²) in [4.78, 5) is 13.0. The van der Waals surface area contributed by atoms with Crippen LogP contribution in [0.2, 0.25) is 0 Å². The minimum Gasteiger partial charge on any atom is -0.457 e. The number of carbonyl (C=O) groups excluding carboxylic acids is 1. The molecule has 0 aromatic rings. The van der Waals surface area contributed by atoms with E-state index in [-0.39, 0.29) is 19.6 Å². The van der Waals surface area contributed by atoms with E-state index in [4.69, 9.17) is 28.4 Å². The molecule has 0 radical (unpaired) electrons. The third-order valence-electron chi connectivity index (χ3n) is 11.4. The fourth-order valence-electron chi connectivity index (χ4n) is 7.30. The summed E-state index contributed by atoms with van der Waals surface area (Å²) in [5, 5.41) is 72.1. The van der Waals surface area contributed by atoms with E-state index in [9.17, 15) is 40.5 Å². The zero-order chi connectivity index (χ0) is 48.7. The van der Waals surface area contributed by atoms with E-state index in [1.165, 1.54) is 44.9 Å². The maximum Gasteiger partial charge on any atom is 0.306 e. The molecule has 0 aliphatic carbocycles. The van der Waals surface area contributed by atoms with E-state index in [0.717, 1.165) is 70.6 Å². The van der Waals surface area contributed by atoms with Crippen LogP contribution >= 0.6 is 0 Å². The molecule has 0 spiro atoms. The molecular formula is C53H88O14. The van der Waals surface area contributed by atoms with Gasteiger partial charge in [0.25, 0.3) is 0 Å². The minimum absolute atomic E-state index is 0.0219. The minimum atomic E-state index is -1.72. The Balaban J connectivity index is 1.82. The van der Waals surface area contributed by atoms with Crippen molar-refractivity contribution in [2.75, 3.05) is 33.0 Å². The van der Waals surface area contributed by atoms with Crippen LogP contribution in [0.5, 0.6) is 0 Å². The Labute approximate surface area is 401 Å². The van der Waals surface area contributed by atoms with Crippen LogP contribution in [-0.4, -0.2) is 142 Å². The number of carbonyl (C=O) groups is 1. The second-order valence-corrected chi connectivity index (χ2v) is 17.3. The first-order valence-electron chi connectivity index (χ1n) is 25.2. The Morgan fingerprint density at radius 2 is 0.970 bits per heavy atom. The Kier molecular flexibility index (Phi) is 36.0. The first-order chi connectivity index (χ1) is 32.6. The summed E-state index contributed by atoms with van der Waals surface area (Å²) in [7, 11) is 0. The molecule has 0 amide bonds. The largest absolute Gasteiger partial charge is 0.457 e. The van der Waals surface area contributed by atoms with Crippen molar-refractivity contribution in [2.24, 2.45) is 0 Å². The monoisotopic (exact) mass is 949 g/mol. The van der Waals surface area contributed by atoms with E-state index in [1.807, 2.05) is 12.2 Å². The second-order valence-electron chi connectivity index (χ2n) is 17.3. The van der Waals surface area contributed by atoms with Gasteiger partial charge in [-0.05, 0) is 77.0 Å². The molecule has 0 aromatic carbocycles. The molecule has 2 heterocycles. The van der Waals surface area contributed by atoms with Gasteiger partial charge in [0, 0.05) is 13.0 Å². The number of esters is 1. The van der Waals surface area contributed by atoms with Crippen LogP contribution in [0.15, 0.2) is 85.1 Å². The zero-order valence-corrected chi connectivity index (χ0v) is 40.6. The Morgan fingerprint density at radius 3 is 1.52 bits per heavy atom. The summed E-state index contributed by atoms with van der Waals surface area (Å²) in [6.45, 7) is 3.42. The predicted octanol–water partition coefficient (Wildman–Crippen LogP) is 7.29. The van der Waals surface area contributed by atoms with Crippen molar-refractivity contribution in [1.82, 2.24) is 0 Å². The summed E-state index contributed by atoms with van der Waals surface area (Å²) in [6.07, 6.45) is 33.7.